The van der Waals surface area contributed by atoms with Gasteiger partial charge in [0.2, 0.25) is 0 Å². The van der Waals surface area contributed by atoms with E-state index in [-0.39, 0.29) is 6.42 Å². The number of nitrogens with zero attached hydrogens (tertiary/aromatic N) is 3. The summed E-state index contributed by atoms with van der Waals surface area (Å²) in [6.07, 6.45) is -2.50. The monoisotopic (exact) mass is 352 g/mol. The summed E-state index contributed by atoms with van der Waals surface area (Å²) in [4.78, 5) is 6.32. The van der Waals surface area contributed by atoms with Crippen molar-refractivity contribution >= 4 is 17.6 Å². The number of aliphatic imine (C=N–C) groups is 1. The largest absolute Gasteiger partial charge is 0.389 e. The first-order valence-corrected chi connectivity index (χ1v) is 7.97. The van der Waals surface area contributed by atoms with Crippen LogP contribution in [0.2, 0.25) is 5.02 Å². The Morgan fingerprint density at radius 2 is 2.09 bits per heavy atom. The lowest BCUT2D eigenvalue weighted by molar-refractivity contribution is -0.135. The molecule has 0 aromatic carbocycles. The standard InChI is InChI=1S/C15H24ClF3N4/c1-4-20-14(21-8-6-5-7-15(17,18)19)23(3)11-13-9-12(16)10-22(13)2/h9-10H,4-8,11H2,1-3H3,(H,20,21). The van der Waals surface area contributed by atoms with Crippen LogP contribution in [0.3, 0.4) is 0 Å². The van der Waals surface area contributed by atoms with Crippen LogP contribution in [0, 0.1) is 0 Å². The summed E-state index contributed by atoms with van der Waals surface area (Å²) in [7, 11) is 3.80. The summed E-state index contributed by atoms with van der Waals surface area (Å²) in [5.41, 5.74) is 1.03. The number of hydrogen-bond acceptors (Lipinski definition) is 1. The van der Waals surface area contributed by atoms with Crippen LogP contribution in [-0.2, 0) is 13.6 Å². The lowest BCUT2D eigenvalue weighted by atomic mass is 10.2. The highest BCUT2D eigenvalue weighted by molar-refractivity contribution is 6.30. The van der Waals surface area contributed by atoms with Crippen molar-refractivity contribution in [2.75, 3.05) is 20.1 Å². The molecule has 0 amide bonds. The first-order chi connectivity index (χ1) is 10.7. The van der Waals surface area contributed by atoms with Gasteiger partial charge in [-0.25, -0.2) is 0 Å². The SMILES string of the molecule is CCNC(=NCCCCC(F)(F)F)N(C)Cc1cc(Cl)cn1C. The fraction of sp³-hybridized carbons (Fsp3) is 0.667. The Balaban J connectivity index is 2.55. The van der Waals surface area contributed by atoms with Crippen LogP contribution in [0.25, 0.3) is 0 Å². The quantitative estimate of drug-likeness (QED) is 0.460. The minimum atomic E-state index is -4.09. The third-order valence-electron chi connectivity index (χ3n) is 3.30. The second-order valence-corrected chi connectivity index (χ2v) is 5.86. The van der Waals surface area contributed by atoms with Crippen molar-refractivity contribution in [3.8, 4) is 0 Å². The maximum atomic E-state index is 12.1. The fourth-order valence-corrected chi connectivity index (χ4v) is 2.41. The van der Waals surface area contributed by atoms with Crippen molar-refractivity contribution in [1.29, 1.82) is 0 Å². The van der Waals surface area contributed by atoms with Gasteiger partial charge in [0.05, 0.1) is 11.6 Å². The molecule has 8 heteroatoms. The van der Waals surface area contributed by atoms with E-state index in [1.807, 2.05) is 42.7 Å². The van der Waals surface area contributed by atoms with Crippen LogP contribution in [0.5, 0.6) is 0 Å². The zero-order valence-electron chi connectivity index (χ0n) is 13.8. The summed E-state index contributed by atoms with van der Waals surface area (Å²) >= 11 is 5.97. The summed E-state index contributed by atoms with van der Waals surface area (Å²) < 4.78 is 38.2. The van der Waals surface area contributed by atoms with Crippen molar-refractivity contribution in [3.05, 3.63) is 23.0 Å². The number of aryl methyl sites for hydroxylation is 1. The molecule has 1 rings (SSSR count). The van der Waals surface area contributed by atoms with Crippen LogP contribution in [0.1, 0.15) is 31.9 Å². The number of nitrogens with one attached hydrogen (secondary N) is 1. The maximum Gasteiger partial charge on any atom is 0.389 e. The lowest BCUT2D eigenvalue weighted by Gasteiger charge is -2.22. The van der Waals surface area contributed by atoms with Gasteiger partial charge in [0, 0.05) is 45.5 Å². The Morgan fingerprint density at radius 3 is 2.61 bits per heavy atom. The van der Waals surface area contributed by atoms with Gasteiger partial charge in [-0.15, -0.1) is 0 Å². The second-order valence-electron chi connectivity index (χ2n) is 5.42. The molecule has 0 bridgehead atoms. The number of aromatic nitrogens is 1. The molecule has 0 unspecified atom stereocenters. The Bertz CT molecular complexity index is 511. The van der Waals surface area contributed by atoms with Crippen LogP contribution < -0.4 is 5.32 Å². The van der Waals surface area contributed by atoms with Crippen LogP contribution in [0.4, 0.5) is 13.2 Å². The van der Waals surface area contributed by atoms with Gasteiger partial charge in [-0.3, -0.25) is 4.99 Å². The smallest absolute Gasteiger partial charge is 0.357 e. The van der Waals surface area contributed by atoms with Crippen molar-refractivity contribution in [2.24, 2.45) is 12.0 Å². The Morgan fingerprint density at radius 1 is 1.39 bits per heavy atom. The Kier molecular flexibility index (Phi) is 7.75. The van der Waals surface area contributed by atoms with E-state index in [4.69, 9.17) is 11.6 Å². The molecular formula is C15H24ClF3N4. The highest BCUT2D eigenvalue weighted by atomic mass is 35.5. The van der Waals surface area contributed by atoms with Gasteiger partial charge in [0.1, 0.15) is 0 Å². The molecule has 0 saturated heterocycles. The number of unbranched alkanes of at least 4 members (excludes halogenated alkanes) is 1. The lowest BCUT2D eigenvalue weighted by Crippen LogP contribution is -2.38. The Hall–Kier alpha value is -1.37. The van der Waals surface area contributed by atoms with Crippen molar-refractivity contribution < 1.29 is 13.2 Å². The maximum absolute atomic E-state index is 12.1. The average molecular weight is 353 g/mol. The van der Waals surface area contributed by atoms with Gasteiger partial charge in [0.25, 0.3) is 0 Å². The van der Waals surface area contributed by atoms with E-state index in [9.17, 15) is 13.2 Å². The minimum absolute atomic E-state index is 0.101. The van der Waals surface area contributed by atoms with Gasteiger partial charge < -0.3 is 14.8 Å². The predicted octanol–water partition coefficient (Wildman–Crippen LogP) is 3.81. The molecule has 132 valence electrons. The molecule has 0 spiro atoms. The second kappa shape index (κ2) is 9.05. The highest BCUT2D eigenvalue weighted by Crippen LogP contribution is 2.22. The van der Waals surface area contributed by atoms with Gasteiger partial charge in [-0.1, -0.05) is 11.6 Å². The highest BCUT2D eigenvalue weighted by Gasteiger charge is 2.25. The molecule has 1 aromatic rings. The summed E-state index contributed by atoms with van der Waals surface area (Å²) in [6, 6.07) is 1.88. The van der Waals surface area contributed by atoms with Gasteiger partial charge in [-0.05, 0) is 25.8 Å². The number of guanidine groups is 1. The van der Waals surface area contributed by atoms with Crippen LogP contribution in [0.15, 0.2) is 17.3 Å². The number of rotatable bonds is 7. The zero-order valence-corrected chi connectivity index (χ0v) is 14.5. The van der Waals surface area contributed by atoms with E-state index < -0.39 is 12.6 Å². The fourth-order valence-electron chi connectivity index (χ4n) is 2.13. The first-order valence-electron chi connectivity index (χ1n) is 7.60. The van der Waals surface area contributed by atoms with E-state index in [0.29, 0.717) is 37.0 Å². The summed E-state index contributed by atoms with van der Waals surface area (Å²) in [5, 5.41) is 3.82. The van der Waals surface area contributed by atoms with Gasteiger partial charge in [0.15, 0.2) is 5.96 Å². The zero-order chi connectivity index (χ0) is 17.5. The molecule has 1 heterocycles. The minimum Gasteiger partial charge on any atom is -0.357 e. The number of alkyl halides is 3. The van der Waals surface area contributed by atoms with Gasteiger partial charge >= 0.3 is 6.18 Å². The van der Waals surface area contributed by atoms with Gasteiger partial charge in [-0.2, -0.15) is 13.2 Å². The van der Waals surface area contributed by atoms with E-state index in [1.54, 1.807) is 0 Å². The number of hydrogen-bond donors (Lipinski definition) is 1. The van der Waals surface area contributed by atoms with Crippen molar-refractivity contribution in [3.63, 3.8) is 0 Å². The van der Waals surface area contributed by atoms with Crippen LogP contribution in [-0.4, -0.2) is 41.7 Å². The molecule has 4 nitrogen and oxygen atoms in total. The van der Waals surface area contributed by atoms with Crippen molar-refractivity contribution in [2.45, 2.75) is 38.9 Å². The molecule has 23 heavy (non-hydrogen) atoms. The summed E-state index contributed by atoms with van der Waals surface area (Å²) in [5.74, 6) is 0.678. The predicted molar refractivity (Wildman–Crippen MR) is 87.8 cm³/mol. The normalized spacial score (nSPS) is 12.6. The molecular weight excluding hydrogens is 329 g/mol. The van der Waals surface area contributed by atoms with E-state index >= 15 is 0 Å². The van der Waals surface area contributed by atoms with E-state index in [1.165, 1.54) is 0 Å². The molecule has 0 atom stereocenters. The molecule has 0 aliphatic rings. The van der Waals surface area contributed by atoms with E-state index in [2.05, 4.69) is 10.3 Å². The van der Waals surface area contributed by atoms with E-state index in [0.717, 1.165) is 5.69 Å². The average Bonchev–Trinajstić information content (AvgIpc) is 2.74. The first kappa shape index (κ1) is 19.7. The van der Waals surface area contributed by atoms with Crippen LogP contribution >= 0.6 is 11.6 Å². The topological polar surface area (TPSA) is 32.6 Å². The molecule has 1 N–H and O–H groups in total. The number of halogens is 4. The molecule has 0 radical (unpaired) electrons. The molecule has 1 aromatic heterocycles. The summed E-state index contributed by atoms with van der Waals surface area (Å²) in [6.45, 7) is 3.63. The Labute approximate surface area is 140 Å². The molecule has 0 aliphatic carbocycles. The molecule has 0 aliphatic heterocycles. The molecule has 0 saturated carbocycles. The molecule has 0 fully saturated rings. The van der Waals surface area contributed by atoms with Crippen molar-refractivity contribution in [1.82, 2.24) is 14.8 Å². The third-order valence-corrected chi connectivity index (χ3v) is 3.51. The third kappa shape index (κ3) is 7.63.